The predicted octanol–water partition coefficient (Wildman–Crippen LogP) is 3.51. The van der Waals surface area contributed by atoms with Crippen LogP contribution in [0.15, 0.2) is 36.5 Å². The van der Waals surface area contributed by atoms with Gasteiger partial charge in [-0.05, 0) is 38.0 Å². The van der Waals surface area contributed by atoms with Crippen molar-refractivity contribution in [1.82, 2.24) is 4.98 Å². The minimum absolute atomic E-state index is 0.00680. The van der Waals surface area contributed by atoms with Gasteiger partial charge >= 0.3 is 0 Å². The smallest absolute Gasteiger partial charge is 0.219 e. The summed E-state index contributed by atoms with van der Waals surface area (Å²) in [5, 5.41) is 0. The fraction of sp³-hybridized carbons (Fsp3) is 0.267. The summed E-state index contributed by atoms with van der Waals surface area (Å²) in [7, 11) is 0. The molecule has 0 aliphatic rings. The third kappa shape index (κ3) is 2.87. The highest BCUT2D eigenvalue weighted by Crippen LogP contribution is 2.24. The molecule has 1 aromatic carbocycles. The summed E-state index contributed by atoms with van der Waals surface area (Å²) in [5.74, 6) is 1.42. The number of ether oxygens (including phenoxy) is 1. The molecule has 0 saturated carbocycles. The number of hydrogen-bond donors (Lipinski definition) is 1. The molecule has 0 unspecified atom stereocenters. The van der Waals surface area contributed by atoms with Crippen molar-refractivity contribution in [2.45, 2.75) is 26.8 Å². The molecule has 2 rings (SSSR count). The Hall–Kier alpha value is -1.87. The molecule has 3 nitrogen and oxygen atoms in total. The van der Waals surface area contributed by atoms with Crippen LogP contribution in [0.2, 0.25) is 0 Å². The van der Waals surface area contributed by atoms with Gasteiger partial charge in [-0.3, -0.25) is 0 Å². The van der Waals surface area contributed by atoms with Crippen LogP contribution in [0.4, 0.5) is 0 Å². The molecule has 0 fully saturated rings. The highest BCUT2D eigenvalue weighted by atomic mass is 16.5. The van der Waals surface area contributed by atoms with Crippen molar-refractivity contribution in [3.05, 3.63) is 53.2 Å². The molecule has 0 amide bonds. The molecule has 3 heteroatoms. The lowest BCUT2D eigenvalue weighted by atomic mass is 10.1. The Balaban J connectivity index is 2.18. The number of nitrogens with zero attached hydrogens (tertiary/aromatic N) is 1. The van der Waals surface area contributed by atoms with Gasteiger partial charge in [-0.25, -0.2) is 4.98 Å². The van der Waals surface area contributed by atoms with Crippen molar-refractivity contribution in [3.8, 4) is 11.6 Å². The number of hydrogen-bond acceptors (Lipinski definition) is 3. The van der Waals surface area contributed by atoms with Crippen LogP contribution < -0.4 is 10.5 Å². The van der Waals surface area contributed by atoms with E-state index in [1.807, 2.05) is 38.1 Å². The van der Waals surface area contributed by atoms with Gasteiger partial charge in [-0.2, -0.15) is 0 Å². The van der Waals surface area contributed by atoms with Gasteiger partial charge in [-0.1, -0.05) is 23.8 Å². The molecular formula is C15H18N2O. The molecule has 0 radical (unpaired) electrons. The van der Waals surface area contributed by atoms with Gasteiger partial charge in [0.1, 0.15) is 5.75 Å². The highest BCUT2D eigenvalue weighted by molar-refractivity contribution is 5.38. The molecule has 0 spiro atoms. The first-order valence-corrected chi connectivity index (χ1v) is 6.03. The van der Waals surface area contributed by atoms with Crippen molar-refractivity contribution in [3.63, 3.8) is 0 Å². The maximum atomic E-state index is 5.78. The van der Waals surface area contributed by atoms with Crippen LogP contribution in [0.1, 0.15) is 29.7 Å². The van der Waals surface area contributed by atoms with Crippen LogP contribution in [0, 0.1) is 13.8 Å². The van der Waals surface area contributed by atoms with Gasteiger partial charge in [0.05, 0.1) is 0 Å². The molecule has 2 N–H and O–H groups in total. The molecule has 0 saturated heterocycles. The Labute approximate surface area is 108 Å². The van der Waals surface area contributed by atoms with Crippen LogP contribution in [-0.2, 0) is 0 Å². The van der Waals surface area contributed by atoms with E-state index in [0.29, 0.717) is 5.88 Å². The number of rotatable bonds is 3. The summed E-state index contributed by atoms with van der Waals surface area (Å²) >= 11 is 0. The second kappa shape index (κ2) is 5.19. The zero-order valence-corrected chi connectivity index (χ0v) is 11.0. The number of aryl methyl sites for hydroxylation is 2. The minimum Gasteiger partial charge on any atom is -0.439 e. The Bertz CT molecular complexity index is 533. The third-order valence-corrected chi connectivity index (χ3v) is 2.83. The Kier molecular flexibility index (Phi) is 3.63. The van der Waals surface area contributed by atoms with Crippen LogP contribution in [0.3, 0.4) is 0 Å². The van der Waals surface area contributed by atoms with E-state index in [9.17, 15) is 0 Å². The average molecular weight is 242 g/mol. The summed E-state index contributed by atoms with van der Waals surface area (Å²) in [5.41, 5.74) is 9.11. The lowest BCUT2D eigenvalue weighted by Crippen LogP contribution is -2.05. The Morgan fingerprint density at radius 2 is 1.94 bits per heavy atom. The number of aromatic nitrogens is 1. The van der Waals surface area contributed by atoms with E-state index in [1.54, 1.807) is 6.20 Å². The molecule has 1 atom stereocenters. The van der Waals surface area contributed by atoms with Crippen molar-refractivity contribution in [1.29, 1.82) is 0 Å². The number of pyridine rings is 1. The molecule has 0 aliphatic carbocycles. The molecule has 18 heavy (non-hydrogen) atoms. The van der Waals surface area contributed by atoms with E-state index in [0.717, 1.165) is 16.9 Å². The Morgan fingerprint density at radius 3 is 2.50 bits per heavy atom. The van der Waals surface area contributed by atoms with E-state index in [4.69, 9.17) is 10.5 Å². The first-order chi connectivity index (χ1) is 8.56. The zero-order valence-electron chi connectivity index (χ0n) is 11.0. The van der Waals surface area contributed by atoms with Crippen molar-refractivity contribution < 1.29 is 4.74 Å². The molecule has 1 aromatic heterocycles. The quantitative estimate of drug-likeness (QED) is 0.896. The molecule has 1 heterocycles. The van der Waals surface area contributed by atoms with Gasteiger partial charge in [0.25, 0.3) is 0 Å². The normalized spacial score (nSPS) is 12.2. The summed E-state index contributed by atoms with van der Waals surface area (Å²) in [6, 6.07) is 9.86. The molecule has 0 bridgehead atoms. The van der Waals surface area contributed by atoms with Gasteiger partial charge in [0, 0.05) is 18.3 Å². The van der Waals surface area contributed by atoms with Crippen molar-refractivity contribution in [2.24, 2.45) is 5.73 Å². The van der Waals surface area contributed by atoms with Crippen molar-refractivity contribution >= 4 is 0 Å². The van der Waals surface area contributed by atoms with Gasteiger partial charge in [-0.15, -0.1) is 0 Å². The van der Waals surface area contributed by atoms with Crippen LogP contribution in [0.25, 0.3) is 0 Å². The second-order valence-corrected chi connectivity index (χ2v) is 4.59. The molecule has 2 aromatic rings. The van der Waals surface area contributed by atoms with E-state index in [1.165, 1.54) is 5.56 Å². The molecule has 0 aliphatic heterocycles. The Morgan fingerprint density at radius 1 is 1.17 bits per heavy atom. The fourth-order valence-electron chi connectivity index (χ4n) is 1.75. The number of benzene rings is 1. The van der Waals surface area contributed by atoms with Crippen molar-refractivity contribution in [2.75, 3.05) is 0 Å². The third-order valence-electron chi connectivity index (χ3n) is 2.83. The standard InChI is InChI=1S/C15H18N2O/c1-10-4-6-14(11(2)8-10)18-15-7-5-13(9-17-15)12(3)16/h4-9,12H,16H2,1-3H3/t12-/m1/s1. The summed E-state index contributed by atoms with van der Waals surface area (Å²) < 4.78 is 5.75. The minimum atomic E-state index is -0.00680. The van der Waals surface area contributed by atoms with Crippen LogP contribution >= 0.6 is 0 Å². The van der Waals surface area contributed by atoms with E-state index >= 15 is 0 Å². The summed E-state index contributed by atoms with van der Waals surface area (Å²) in [6.45, 7) is 6.02. The average Bonchev–Trinajstić information content (AvgIpc) is 2.33. The predicted molar refractivity (Wildman–Crippen MR) is 72.8 cm³/mol. The zero-order chi connectivity index (χ0) is 13.1. The van der Waals surface area contributed by atoms with E-state index < -0.39 is 0 Å². The first-order valence-electron chi connectivity index (χ1n) is 6.03. The number of nitrogens with two attached hydrogens (primary N) is 1. The van der Waals surface area contributed by atoms with Crippen LogP contribution in [0.5, 0.6) is 11.6 Å². The topological polar surface area (TPSA) is 48.1 Å². The highest BCUT2D eigenvalue weighted by Gasteiger charge is 2.04. The van der Waals surface area contributed by atoms with E-state index in [2.05, 4.69) is 18.0 Å². The van der Waals surface area contributed by atoms with Gasteiger partial charge < -0.3 is 10.5 Å². The summed E-state index contributed by atoms with van der Waals surface area (Å²) in [6.07, 6.45) is 1.75. The lowest BCUT2D eigenvalue weighted by Gasteiger charge is -2.10. The van der Waals surface area contributed by atoms with Gasteiger partial charge in [0.15, 0.2) is 0 Å². The largest absolute Gasteiger partial charge is 0.439 e. The fourth-order valence-corrected chi connectivity index (χ4v) is 1.75. The molecule has 94 valence electrons. The maximum absolute atomic E-state index is 5.78. The monoisotopic (exact) mass is 242 g/mol. The molecular weight excluding hydrogens is 224 g/mol. The SMILES string of the molecule is Cc1ccc(Oc2ccc([C@@H](C)N)cn2)c(C)c1. The van der Waals surface area contributed by atoms with Gasteiger partial charge in [0.2, 0.25) is 5.88 Å². The maximum Gasteiger partial charge on any atom is 0.219 e. The van der Waals surface area contributed by atoms with E-state index in [-0.39, 0.29) is 6.04 Å². The lowest BCUT2D eigenvalue weighted by molar-refractivity contribution is 0.458. The van der Waals surface area contributed by atoms with Crippen LogP contribution in [-0.4, -0.2) is 4.98 Å². The second-order valence-electron chi connectivity index (χ2n) is 4.59. The first kappa shape index (κ1) is 12.6. The summed E-state index contributed by atoms with van der Waals surface area (Å²) in [4.78, 5) is 4.26.